The standard InChI is InChI=1S/C17H19NO2S/c1-3-20-17(19)13-8-6-9-15(11-13)21-16-10-5-4-7-14(16)12-18-2/h4-11,18H,3,12H2,1-2H3. The SMILES string of the molecule is CCOC(=O)c1cccc(Sc2ccccc2CNC)c1. The first kappa shape index (κ1) is 15.6. The Morgan fingerprint density at radius 3 is 2.76 bits per heavy atom. The molecule has 1 N–H and O–H groups in total. The van der Waals surface area contributed by atoms with Crippen molar-refractivity contribution in [3.8, 4) is 0 Å². The van der Waals surface area contributed by atoms with Crippen LogP contribution < -0.4 is 5.32 Å². The van der Waals surface area contributed by atoms with Crippen LogP contribution in [0.1, 0.15) is 22.8 Å². The predicted molar refractivity (Wildman–Crippen MR) is 85.7 cm³/mol. The lowest BCUT2D eigenvalue weighted by Gasteiger charge is -2.09. The highest BCUT2D eigenvalue weighted by Gasteiger charge is 2.08. The van der Waals surface area contributed by atoms with Crippen LogP contribution in [0.4, 0.5) is 0 Å². The van der Waals surface area contributed by atoms with Crippen LogP contribution in [0.25, 0.3) is 0 Å². The molecule has 2 rings (SSSR count). The van der Waals surface area contributed by atoms with Gasteiger partial charge in [0, 0.05) is 16.3 Å². The van der Waals surface area contributed by atoms with Crippen molar-refractivity contribution >= 4 is 17.7 Å². The minimum Gasteiger partial charge on any atom is -0.462 e. The molecule has 3 nitrogen and oxygen atoms in total. The maximum absolute atomic E-state index is 11.8. The lowest BCUT2D eigenvalue weighted by Crippen LogP contribution is -2.06. The lowest BCUT2D eigenvalue weighted by atomic mass is 10.2. The smallest absolute Gasteiger partial charge is 0.338 e. The van der Waals surface area contributed by atoms with Crippen LogP contribution in [0.3, 0.4) is 0 Å². The van der Waals surface area contributed by atoms with Crippen molar-refractivity contribution in [2.24, 2.45) is 0 Å². The Hall–Kier alpha value is -1.78. The van der Waals surface area contributed by atoms with E-state index in [2.05, 4.69) is 17.4 Å². The van der Waals surface area contributed by atoms with Gasteiger partial charge in [-0.25, -0.2) is 4.79 Å². The molecule has 21 heavy (non-hydrogen) atoms. The largest absolute Gasteiger partial charge is 0.462 e. The van der Waals surface area contributed by atoms with E-state index in [1.54, 1.807) is 17.8 Å². The molecule has 2 aromatic rings. The second kappa shape index (κ2) is 7.86. The third-order valence-corrected chi connectivity index (χ3v) is 4.02. The first-order chi connectivity index (χ1) is 10.2. The Labute approximate surface area is 129 Å². The van der Waals surface area contributed by atoms with E-state index < -0.39 is 0 Å². The number of rotatable bonds is 6. The second-order valence-corrected chi connectivity index (χ2v) is 5.60. The van der Waals surface area contributed by atoms with E-state index in [0.29, 0.717) is 12.2 Å². The average Bonchev–Trinajstić information content (AvgIpc) is 2.50. The van der Waals surface area contributed by atoms with Crippen molar-refractivity contribution < 1.29 is 9.53 Å². The van der Waals surface area contributed by atoms with Gasteiger partial charge in [-0.3, -0.25) is 0 Å². The molecular formula is C17H19NO2S. The fraction of sp³-hybridized carbons (Fsp3) is 0.235. The highest BCUT2D eigenvalue weighted by atomic mass is 32.2. The summed E-state index contributed by atoms with van der Waals surface area (Å²) < 4.78 is 5.04. The Kier molecular flexibility index (Phi) is 5.84. The van der Waals surface area contributed by atoms with Crippen molar-refractivity contribution in [1.29, 1.82) is 0 Å². The number of nitrogens with one attached hydrogen (secondary N) is 1. The van der Waals surface area contributed by atoms with E-state index in [4.69, 9.17) is 4.74 Å². The number of hydrogen-bond acceptors (Lipinski definition) is 4. The minimum absolute atomic E-state index is 0.275. The molecule has 0 aliphatic rings. The highest BCUT2D eigenvalue weighted by molar-refractivity contribution is 7.99. The molecule has 0 heterocycles. The summed E-state index contributed by atoms with van der Waals surface area (Å²) in [7, 11) is 1.93. The number of esters is 1. The normalized spacial score (nSPS) is 10.4. The van der Waals surface area contributed by atoms with E-state index in [9.17, 15) is 4.79 Å². The van der Waals surface area contributed by atoms with Crippen molar-refractivity contribution in [2.75, 3.05) is 13.7 Å². The summed E-state index contributed by atoms with van der Waals surface area (Å²) in [6.45, 7) is 3.02. The van der Waals surface area contributed by atoms with Crippen molar-refractivity contribution in [1.82, 2.24) is 5.32 Å². The predicted octanol–water partition coefficient (Wildman–Crippen LogP) is 3.73. The molecule has 0 bridgehead atoms. The molecule has 2 aromatic carbocycles. The van der Waals surface area contributed by atoms with Gasteiger partial charge >= 0.3 is 5.97 Å². The van der Waals surface area contributed by atoms with Gasteiger partial charge in [0.1, 0.15) is 0 Å². The lowest BCUT2D eigenvalue weighted by molar-refractivity contribution is 0.0526. The Balaban J connectivity index is 2.20. The zero-order valence-electron chi connectivity index (χ0n) is 12.3. The number of ether oxygens (including phenoxy) is 1. The number of hydrogen-bond donors (Lipinski definition) is 1. The van der Waals surface area contributed by atoms with Crippen LogP contribution >= 0.6 is 11.8 Å². The molecule has 0 aromatic heterocycles. The van der Waals surface area contributed by atoms with E-state index >= 15 is 0 Å². The van der Waals surface area contributed by atoms with Crippen molar-refractivity contribution in [2.45, 2.75) is 23.3 Å². The molecular weight excluding hydrogens is 282 g/mol. The van der Waals surface area contributed by atoms with Crippen molar-refractivity contribution in [3.63, 3.8) is 0 Å². The quantitative estimate of drug-likeness (QED) is 0.825. The van der Waals surface area contributed by atoms with Gasteiger partial charge in [-0.15, -0.1) is 0 Å². The molecule has 0 aliphatic carbocycles. The molecule has 110 valence electrons. The van der Waals surface area contributed by atoms with Gasteiger partial charge < -0.3 is 10.1 Å². The van der Waals surface area contributed by atoms with E-state index in [1.165, 1.54) is 10.5 Å². The number of carbonyl (C=O) groups is 1. The first-order valence-corrected chi connectivity index (χ1v) is 7.73. The zero-order valence-corrected chi connectivity index (χ0v) is 13.1. The molecule has 0 unspecified atom stereocenters. The van der Waals surface area contributed by atoms with Crippen LogP contribution in [0.5, 0.6) is 0 Å². The van der Waals surface area contributed by atoms with Gasteiger partial charge in [-0.2, -0.15) is 0 Å². The van der Waals surface area contributed by atoms with E-state index in [-0.39, 0.29) is 5.97 Å². The second-order valence-electron chi connectivity index (χ2n) is 4.49. The molecule has 0 radical (unpaired) electrons. The van der Waals surface area contributed by atoms with Crippen LogP contribution in [0.2, 0.25) is 0 Å². The summed E-state index contributed by atoms with van der Waals surface area (Å²) in [5.41, 5.74) is 1.83. The Morgan fingerprint density at radius 1 is 1.19 bits per heavy atom. The van der Waals surface area contributed by atoms with Crippen LogP contribution in [0.15, 0.2) is 58.3 Å². The topological polar surface area (TPSA) is 38.3 Å². The van der Waals surface area contributed by atoms with E-state index in [1.807, 2.05) is 44.3 Å². The molecule has 0 atom stereocenters. The fourth-order valence-electron chi connectivity index (χ4n) is 1.97. The number of benzene rings is 2. The molecule has 0 saturated carbocycles. The van der Waals surface area contributed by atoms with Crippen LogP contribution in [-0.2, 0) is 11.3 Å². The summed E-state index contributed by atoms with van der Waals surface area (Å²) in [4.78, 5) is 14.0. The monoisotopic (exact) mass is 301 g/mol. The molecule has 0 saturated heterocycles. The van der Waals surface area contributed by atoms with Gasteiger partial charge in [0.25, 0.3) is 0 Å². The Morgan fingerprint density at radius 2 is 2.00 bits per heavy atom. The first-order valence-electron chi connectivity index (χ1n) is 6.92. The summed E-state index contributed by atoms with van der Waals surface area (Å²) in [5.74, 6) is -0.275. The fourth-order valence-corrected chi connectivity index (χ4v) is 2.97. The maximum atomic E-state index is 11.8. The molecule has 0 amide bonds. The molecule has 4 heteroatoms. The van der Waals surface area contributed by atoms with Crippen LogP contribution in [0, 0.1) is 0 Å². The van der Waals surface area contributed by atoms with Crippen molar-refractivity contribution in [3.05, 3.63) is 59.7 Å². The average molecular weight is 301 g/mol. The number of carbonyl (C=O) groups excluding carboxylic acids is 1. The molecule has 0 spiro atoms. The summed E-state index contributed by atoms with van der Waals surface area (Å²) >= 11 is 1.66. The summed E-state index contributed by atoms with van der Waals surface area (Å²) in [5, 5.41) is 3.17. The minimum atomic E-state index is -0.275. The summed E-state index contributed by atoms with van der Waals surface area (Å²) in [6, 6.07) is 15.8. The highest BCUT2D eigenvalue weighted by Crippen LogP contribution is 2.31. The zero-order chi connectivity index (χ0) is 15.1. The molecule has 0 aliphatic heterocycles. The van der Waals surface area contributed by atoms with Gasteiger partial charge in [-0.05, 0) is 43.8 Å². The molecule has 0 fully saturated rings. The van der Waals surface area contributed by atoms with Gasteiger partial charge in [-0.1, -0.05) is 36.0 Å². The summed E-state index contributed by atoms with van der Waals surface area (Å²) in [6.07, 6.45) is 0. The third kappa shape index (κ3) is 4.34. The van der Waals surface area contributed by atoms with E-state index in [0.717, 1.165) is 11.4 Å². The van der Waals surface area contributed by atoms with Gasteiger partial charge in [0.15, 0.2) is 0 Å². The Bertz CT molecular complexity index is 613. The third-order valence-electron chi connectivity index (χ3n) is 2.91. The van der Waals surface area contributed by atoms with Gasteiger partial charge in [0.05, 0.1) is 12.2 Å². The van der Waals surface area contributed by atoms with Gasteiger partial charge in [0.2, 0.25) is 0 Å². The van der Waals surface area contributed by atoms with Crippen LogP contribution in [-0.4, -0.2) is 19.6 Å². The maximum Gasteiger partial charge on any atom is 0.338 e.